The smallest absolute Gasteiger partial charge is 0.297 e. The van der Waals surface area contributed by atoms with Crippen molar-refractivity contribution in [2.45, 2.75) is 33.1 Å². The minimum absolute atomic E-state index is 0.124. The van der Waals surface area contributed by atoms with Gasteiger partial charge >= 0.3 is 6.03 Å². The lowest BCUT2D eigenvalue weighted by Gasteiger charge is -2.18. The highest BCUT2D eigenvalue weighted by molar-refractivity contribution is 6.01. The number of aryl methyl sites for hydroxylation is 1. The van der Waals surface area contributed by atoms with E-state index in [9.17, 15) is 4.79 Å². The fourth-order valence-corrected chi connectivity index (χ4v) is 2.68. The number of hydrogen-bond acceptors (Lipinski definition) is 2. The Hall–Kier alpha value is -3.08. The van der Waals surface area contributed by atoms with Crippen LogP contribution in [0.2, 0.25) is 0 Å². The first-order chi connectivity index (χ1) is 12.8. The number of anilines is 2. The monoisotopic (exact) mass is 362 g/mol. The number of rotatable bonds is 3. The summed E-state index contributed by atoms with van der Waals surface area (Å²) in [4.78, 5) is 14.4. The molecule has 0 saturated heterocycles. The van der Waals surface area contributed by atoms with E-state index in [4.69, 9.17) is 5.10 Å². The van der Waals surface area contributed by atoms with Crippen LogP contribution in [0.1, 0.15) is 32.0 Å². The normalized spacial score (nSPS) is 11.3. The van der Waals surface area contributed by atoms with E-state index in [1.165, 1.54) is 5.56 Å². The van der Waals surface area contributed by atoms with Gasteiger partial charge in [-0.15, -0.1) is 0 Å². The summed E-state index contributed by atoms with van der Waals surface area (Å²) in [6.07, 6.45) is 0. The molecular formula is C22H26N4O. The topological polar surface area (TPSA) is 50.2 Å². The molecule has 0 bridgehead atoms. The molecule has 0 fully saturated rings. The van der Waals surface area contributed by atoms with Crippen LogP contribution in [0.15, 0.2) is 60.7 Å². The number of carbonyl (C=O) groups excluding carboxylic acids is 1. The van der Waals surface area contributed by atoms with Crippen LogP contribution in [0.4, 0.5) is 16.3 Å². The van der Waals surface area contributed by atoms with E-state index in [2.05, 4.69) is 26.1 Å². The van der Waals surface area contributed by atoms with Gasteiger partial charge in [0.05, 0.1) is 11.4 Å². The molecule has 3 aromatic rings. The van der Waals surface area contributed by atoms with Crippen LogP contribution >= 0.6 is 0 Å². The van der Waals surface area contributed by atoms with Crippen molar-refractivity contribution in [3.63, 3.8) is 0 Å². The summed E-state index contributed by atoms with van der Waals surface area (Å²) < 4.78 is 1.79. The van der Waals surface area contributed by atoms with Gasteiger partial charge in [0.15, 0.2) is 0 Å². The van der Waals surface area contributed by atoms with E-state index in [-0.39, 0.29) is 11.4 Å². The van der Waals surface area contributed by atoms with Crippen molar-refractivity contribution in [3.05, 3.63) is 71.9 Å². The van der Waals surface area contributed by atoms with Gasteiger partial charge in [-0.2, -0.15) is 5.10 Å². The predicted molar refractivity (Wildman–Crippen MR) is 111 cm³/mol. The summed E-state index contributed by atoms with van der Waals surface area (Å²) in [7, 11) is 1.75. The molecule has 1 N–H and O–H groups in total. The largest absolute Gasteiger partial charge is 0.327 e. The second-order valence-corrected chi connectivity index (χ2v) is 7.74. The molecular weight excluding hydrogens is 336 g/mol. The molecule has 0 unspecified atom stereocenters. The Labute approximate surface area is 160 Å². The van der Waals surface area contributed by atoms with Crippen LogP contribution in [0.5, 0.6) is 0 Å². The highest BCUT2D eigenvalue weighted by Crippen LogP contribution is 2.27. The summed E-state index contributed by atoms with van der Waals surface area (Å²) in [5.41, 5.74) is 3.71. The third kappa shape index (κ3) is 4.19. The fourth-order valence-electron chi connectivity index (χ4n) is 2.68. The van der Waals surface area contributed by atoms with Crippen LogP contribution in [-0.4, -0.2) is 22.9 Å². The Morgan fingerprint density at radius 3 is 2.26 bits per heavy atom. The van der Waals surface area contributed by atoms with Gasteiger partial charge in [0, 0.05) is 24.2 Å². The molecule has 0 aliphatic rings. The van der Waals surface area contributed by atoms with Crippen molar-refractivity contribution in [1.29, 1.82) is 0 Å². The lowest BCUT2D eigenvalue weighted by atomic mass is 9.92. The SMILES string of the molecule is Cc1ccc(-n2nc(C(C)(C)C)cc2NC(=O)N(C)c2ccccc2)cc1. The van der Waals surface area contributed by atoms with Crippen LogP contribution < -0.4 is 10.2 Å². The van der Waals surface area contributed by atoms with E-state index in [1.54, 1.807) is 16.6 Å². The number of benzene rings is 2. The summed E-state index contributed by atoms with van der Waals surface area (Å²) in [5, 5.41) is 7.75. The first-order valence-corrected chi connectivity index (χ1v) is 9.03. The van der Waals surface area contributed by atoms with Gasteiger partial charge in [-0.3, -0.25) is 10.2 Å². The van der Waals surface area contributed by atoms with Crippen molar-refractivity contribution in [2.75, 3.05) is 17.3 Å². The summed E-state index contributed by atoms with van der Waals surface area (Å²) in [6.45, 7) is 8.37. The Kier molecular flexibility index (Phi) is 5.04. The predicted octanol–water partition coefficient (Wildman–Crippen LogP) is 5.15. The Morgan fingerprint density at radius 2 is 1.67 bits per heavy atom. The number of para-hydroxylation sites is 1. The summed E-state index contributed by atoms with van der Waals surface area (Å²) in [6, 6.07) is 19.4. The number of aromatic nitrogens is 2. The number of nitrogens with one attached hydrogen (secondary N) is 1. The van der Waals surface area contributed by atoms with Crippen molar-refractivity contribution in [3.8, 4) is 5.69 Å². The highest BCUT2D eigenvalue weighted by atomic mass is 16.2. The number of nitrogens with zero attached hydrogens (tertiary/aromatic N) is 3. The average Bonchev–Trinajstić information content (AvgIpc) is 3.06. The molecule has 0 saturated carbocycles. The molecule has 27 heavy (non-hydrogen) atoms. The summed E-state index contributed by atoms with van der Waals surface area (Å²) >= 11 is 0. The van der Waals surface area contributed by atoms with Gasteiger partial charge in [-0.25, -0.2) is 9.48 Å². The summed E-state index contributed by atoms with van der Waals surface area (Å²) in [5.74, 6) is 0.650. The number of urea groups is 1. The zero-order valence-corrected chi connectivity index (χ0v) is 16.5. The third-order valence-electron chi connectivity index (χ3n) is 4.44. The molecule has 5 nitrogen and oxygen atoms in total. The quantitative estimate of drug-likeness (QED) is 0.701. The van der Waals surface area contributed by atoms with Gasteiger partial charge < -0.3 is 0 Å². The van der Waals surface area contributed by atoms with Gasteiger partial charge in [0.1, 0.15) is 5.82 Å². The zero-order chi connectivity index (χ0) is 19.6. The number of hydrogen-bond donors (Lipinski definition) is 1. The fraction of sp³-hybridized carbons (Fsp3) is 0.273. The zero-order valence-electron chi connectivity index (χ0n) is 16.5. The minimum Gasteiger partial charge on any atom is -0.297 e. The second kappa shape index (κ2) is 7.27. The van der Waals surface area contributed by atoms with E-state index in [1.807, 2.05) is 67.6 Å². The van der Waals surface area contributed by atoms with Crippen molar-refractivity contribution in [1.82, 2.24) is 9.78 Å². The number of carbonyl (C=O) groups is 1. The average molecular weight is 362 g/mol. The maximum atomic E-state index is 12.8. The van der Waals surface area contributed by atoms with E-state index < -0.39 is 0 Å². The van der Waals surface area contributed by atoms with Crippen LogP contribution in [0, 0.1) is 6.92 Å². The first-order valence-electron chi connectivity index (χ1n) is 9.03. The van der Waals surface area contributed by atoms with E-state index >= 15 is 0 Å². The molecule has 0 radical (unpaired) electrons. The van der Waals surface area contributed by atoms with Gasteiger partial charge in [0.2, 0.25) is 0 Å². The third-order valence-corrected chi connectivity index (χ3v) is 4.44. The van der Waals surface area contributed by atoms with Gasteiger partial charge in [-0.1, -0.05) is 56.7 Å². The molecule has 5 heteroatoms. The minimum atomic E-state index is -0.213. The molecule has 2 aromatic carbocycles. The lowest BCUT2D eigenvalue weighted by molar-refractivity contribution is 0.258. The Morgan fingerprint density at radius 1 is 1.04 bits per heavy atom. The standard InChI is InChI=1S/C22H26N4O/c1-16-11-13-18(14-12-16)26-20(15-19(24-26)22(2,3)4)23-21(27)25(5)17-9-7-6-8-10-17/h6-15H,1-5H3,(H,23,27). The van der Waals surface area contributed by atoms with Gasteiger partial charge in [0.25, 0.3) is 0 Å². The molecule has 0 atom stereocenters. The second-order valence-electron chi connectivity index (χ2n) is 7.74. The van der Waals surface area contributed by atoms with Crippen molar-refractivity contribution >= 4 is 17.5 Å². The molecule has 2 amide bonds. The molecule has 140 valence electrons. The van der Waals surface area contributed by atoms with Crippen molar-refractivity contribution in [2.24, 2.45) is 0 Å². The van der Waals surface area contributed by atoms with Crippen molar-refractivity contribution < 1.29 is 4.79 Å². The van der Waals surface area contributed by atoms with Gasteiger partial charge in [-0.05, 0) is 31.2 Å². The van der Waals surface area contributed by atoms with E-state index in [0.29, 0.717) is 5.82 Å². The van der Waals surface area contributed by atoms with E-state index in [0.717, 1.165) is 17.1 Å². The lowest BCUT2D eigenvalue weighted by Crippen LogP contribution is -2.31. The number of amides is 2. The highest BCUT2D eigenvalue weighted by Gasteiger charge is 2.22. The maximum absolute atomic E-state index is 12.8. The Bertz CT molecular complexity index is 921. The molecule has 0 aliphatic carbocycles. The molecule has 0 spiro atoms. The van der Waals surface area contributed by atoms with Crippen LogP contribution in [0.25, 0.3) is 5.69 Å². The molecule has 1 heterocycles. The van der Waals surface area contributed by atoms with Crippen LogP contribution in [0.3, 0.4) is 0 Å². The molecule has 0 aliphatic heterocycles. The van der Waals surface area contributed by atoms with Crippen LogP contribution in [-0.2, 0) is 5.41 Å². The maximum Gasteiger partial charge on any atom is 0.327 e. The first kappa shape index (κ1) is 18.7. The molecule has 3 rings (SSSR count). The molecule has 1 aromatic heterocycles. The Balaban J connectivity index is 1.95.